The maximum absolute atomic E-state index is 11.1. The molecular formula is C16H16O3. The highest BCUT2D eigenvalue weighted by Gasteiger charge is 2.10. The molecule has 0 aliphatic heterocycles. The minimum atomic E-state index is -0.348. The molecule has 0 saturated heterocycles. The van der Waals surface area contributed by atoms with E-state index in [2.05, 4.69) is 0 Å². The van der Waals surface area contributed by atoms with Gasteiger partial charge in [-0.1, -0.05) is 42.5 Å². The first-order chi connectivity index (χ1) is 9.16. The Morgan fingerprint density at radius 3 is 2.47 bits per heavy atom. The van der Waals surface area contributed by atoms with Gasteiger partial charge in [0.2, 0.25) is 0 Å². The van der Waals surface area contributed by atoms with Crippen LogP contribution in [-0.4, -0.2) is 5.97 Å². The fraction of sp³-hybridized carbons (Fsp3) is 0.188. The zero-order valence-electron chi connectivity index (χ0n) is 11.1. The maximum Gasteiger partial charge on any atom is 0.308 e. The normalized spacial score (nSPS) is 10.0. The molecule has 0 radical (unpaired) electrons. The Bertz CT molecular complexity index is 561. The molecule has 0 fully saturated rings. The van der Waals surface area contributed by atoms with Crippen molar-refractivity contribution in [1.29, 1.82) is 0 Å². The van der Waals surface area contributed by atoms with E-state index in [1.807, 2.05) is 49.4 Å². The molecule has 0 N–H and O–H groups in total. The van der Waals surface area contributed by atoms with Gasteiger partial charge in [-0.05, 0) is 24.1 Å². The molecule has 0 spiro atoms. The minimum absolute atomic E-state index is 0.348. The maximum atomic E-state index is 11.1. The number of carbonyl (C=O) groups excluding carboxylic acids is 1. The average Bonchev–Trinajstić information content (AvgIpc) is 2.40. The molecule has 0 bridgehead atoms. The van der Waals surface area contributed by atoms with Crippen molar-refractivity contribution in [3.8, 4) is 11.5 Å². The van der Waals surface area contributed by atoms with Crippen LogP contribution in [-0.2, 0) is 11.4 Å². The van der Waals surface area contributed by atoms with Gasteiger partial charge in [0.25, 0.3) is 0 Å². The number of aryl methyl sites for hydroxylation is 1. The van der Waals surface area contributed by atoms with Crippen LogP contribution in [0.1, 0.15) is 18.1 Å². The predicted octanol–water partition coefficient (Wildman–Crippen LogP) is 3.50. The Morgan fingerprint density at radius 2 is 1.79 bits per heavy atom. The van der Waals surface area contributed by atoms with E-state index in [1.54, 1.807) is 6.07 Å². The quantitative estimate of drug-likeness (QED) is 0.620. The van der Waals surface area contributed by atoms with Crippen LogP contribution in [0.15, 0.2) is 48.5 Å². The lowest BCUT2D eigenvalue weighted by Crippen LogP contribution is -2.05. The van der Waals surface area contributed by atoms with Gasteiger partial charge in [0.05, 0.1) is 0 Å². The number of rotatable bonds is 4. The Morgan fingerprint density at radius 1 is 1.05 bits per heavy atom. The fourth-order valence-corrected chi connectivity index (χ4v) is 1.75. The molecule has 3 nitrogen and oxygen atoms in total. The second-order valence-electron chi connectivity index (χ2n) is 4.27. The van der Waals surface area contributed by atoms with Crippen LogP contribution >= 0.6 is 0 Å². The van der Waals surface area contributed by atoms with Crippen molar-refractivity contribution in [2.75, 3.05) is 0 Å². The molecule has 0 saturated carbocycles. The number of para-hydroxylation sites is 1. The van der Waals surface area contributed by atoms with Crippen LogP contribution in [0.25, 0.3) is 0 Å². The summed E-state index contributed by atoms with van der Waals surface area (Å²) < 4.78 is 10.9. The number of hydrogen-bond acceptors (Lipinski definition) is 3. The van der Waals surface area contributed by atoms with Crippen molar-refractivity contribution in [2.24, 2.45) is 0 Å². The Labute approximate surface area is 112 Å². The van der Waals surface area contributed by atoms with E-state index in [-0.39, 0.29) is 5.97 Å². The molecule has 0 unspecified atom stereocenters. The lowest BCUT2D eigenvalue weighted by Gasteiger charge is -2.13. The van der Waals surface area contributed by atoms with Gasteiger partial charge in [-0.15, -0.1) is 0 Å². The number of hydrogen-bond donors (Lipinski definition) is 0. The van der Waals surface area contributed by atoms with Crippen LogP contribution in [0.2, 0.25) is 0 Å². The molecule has 2 aromatic rings. The molecule has 2 rings (SSSR count). The van der Waals surface area contributed by atoms with Crippen LogP contribution < -0.4 is 9.47 Å². The van der Waals surface area contributed by atoms with Gasteiger partial charge < -0.3 is 9.47 Å². The van der Waals surface area contributed by atoms with Crippen molar-refractivity contribution in [1.82, 2.24) is 0 Å². The van der Waals surface area contributed by atoms with Crippen molar-refractivity contribution in [2.45, 2.75) is 20.5 Å². The molecule has 2 aromatic carbocycles. The third-order valence-corrected chi connectivity index (χ3v) is 2.66. The standard InChI is InChI=1S/C16H16O3/c1-12-7-6-10-15(16(12)19-13(2)17)18-11-14-8-4-3-5-9-14/h3-10H,11H2,1-2H3. The minimum Gasteiger partial charge on any atom is -0.485 e. The second kappa shape index (κ2) is 6.05. The highest BCUT2D eigenvalue weighted by Crippen LogP contribution is 2.31. The van der Waals surface area contributed by atoms with E-state index in [1.165, 1.54) is 6.92 Å². The SMILES string of the molecule is CC(=O)Oc1c(C)cccc1OCc1ccccc1. The summed E-state index contributed by atoms with van der Waals surface area (Å²) in [5, 5.41) is 0. The first-order valence-corrected chi connectivity index (χ1v) is 6.11. The number of esters is 1. The first-order valence-electron chi connectivity index (χ1n) is 6.11. The lowest BCUT2D eigenvalue weighted by molar-refractivity contribution is -0.132. The Hall–Kier alpha value is -2.29. The van der Waals surface area contributed by atoms with Crippen LogP contribution in [0, 0.1) is 6.92 Å². The smallest absolute Gasteiger partial charge is 0.308 e. The number of benzene rings is 2. The van der Waals surface area contributed by atoms with Gasteiger partial charge in [0.15, 0.2) is 11.5 Å². The summed E-state index contributed by atoms with van der Waals surface area (Å²) in [5.74, 6) is 0.726. The van der Waals surface area contributed by atoms with Crippen molar-refractivity contribution in [3.05, 3.63) is 59.7 Å². The van der Waals surface area contributed by atoms with Crippen molar-refractivity contribution < 1.29 is 14.3 Å². The first kappa shape index (κ1) is 13.1. The van der Waals surface area contributed by atoms with E-state index < -0.39 is 0 Å². The monoisotopic (exact) mass is 256 g/mol. The molecule has 98 valence electrons. The summed E-state index contributed by atoms with van der Waals surface area (Å²) in [6.45, 7) is 3.71. The Balaban J connectivity index is 2.15. The zero-order chi connectivity index (χ0) is 13.7. The van der Waals surface area contributed by atoms with Crippen LogP contribution in [0.3, 0.4) is 0 Å². The molecule has 0 atom stereocenters. The highest BCUT2D eigenvalue weighted by molar-refractivity contribution is 5.71. The summed E-state index contributed by atoms with van der Waals surface area (Å²) in [6.07, 6.45) is 0. The summed E-state index contributed by atoms with van der Waals surface area (Å²) in [6, 6.07) is 15.4. The molecular weight excluding hydrogens is 240 g/mol. The van der Waals surface area contributed by atoms with Crippen molar-refractivity contribution >= 4 is 5.97 Å². The molecule has 0 amide bonds. The van der Waals surface area contributed by atoms with E-state index >= 15 is 0 Å². The fourth-order valence-electron chi connectivity index (χ4n) is 1.75. The van der Waals surface area contributed by atoms with Gasteiger partial charge in [-0.3, -0.25) is 4.79 Å². The van der Waals surface area contributed by atoms with Gasteiger partial charge in [0.1, 0.15) is 6.61 Å². The molecule has 0 aliphatic rings. The van der Waals surface area contributed by atoms with Crippen LogP contribution in [0.4, 0.5) is 0 Å². The van der Waals surface area contributed by atoms with E-state index in [4.69, 9.17) is 9.47 Å². The second-order valence-corrected chi connectivity index (χ2v) is 4.27. The topological polar surface area (TPSA) is 35.5 Å². The zero-order valence-corrected chi connectivity index (χ0v) is 11.1. The molecule has 19 heavy (non-hydrogen) atoms. The summed E-state index contributed by atoms with van der Waals surface area (Å²) in [5.41, 5.74) is 1.94. The number of ether oxygens (including phenoxy) is 2. The average molecular weight is 256 g/mol. The van der Waals surface area contributed by atoms with Gasteiger partial charge >= 0.3 is 5.97 Å². The van der Waals surface area contributed by atoms with Gasteiger partial charge in [-0.25, -0.2) is 0 Å². The summed E-state index contributed by atoms with van der Waals surface area (Å²) in [4.78, 5) is 11.1. The van der Waals surface area contributed by atoms with E-state index in [9.17, 15) is 4.79 Å². The highest BCUT2D eigenvalue weighted by atomic mass is 16.6. The largest absolute Gasteiger partial charge is 0.485 e. The molecule has 0 aliphatic carbocycles. The molecule has 3 heteroatoms. The van der Waals surface area contributed by atoms with Crippen LogP contribution in [0.5, 0.6) is 11.5 Å². The van der Waals surface area contributed by atoms with Gasteiger partial charge in [-0.2, -0.15) is 0 Å². The predicted molar refractivity (Wildman–Crippen MR) is 73.3 cm³/mol. The third kappa shape index (κ3) is 3.58. The summed E-state index contributed by atoms with van der Waals surface area (Å²) in [7, 11) is 0. The summed E-state index contributed by atoms with van der Waals surface area (Å²) >= 11 is 0. The van der Waals surface area contributed by atoms with Crippen molar-refractivity contribution in [3.63, 3.8) is 0 Å². The number of carbonyl (C=O) groups is 1. The molecule has 0 aromatic heterocycles. The van der Waals surface area contributed by atoms with E-state index in [0.717, 1.165) is 11.1 Å². The van der Waals surface area contributed by atoms with E-state index in [0.29, 0.717) is 18.1 Å². The van der Waals surface area contributed by atoms with Gasteiger partial charge in [0, 0.05) is 6.92 Å². The third-order valence-electron chi connectivity index (χ3n) is 2.66. The Kier molecular flexibility index (Phi) is 4.18. The molecule has 0 heterocycles. The lowest BCUT2D eigenvalue weighted by atomic mass is 10.2.